The second kappa shape index (κ2) is 5.30. The van der Waals surface area contributed by atoms with Crippen LogP contribution < -0.4 is 9.64 Å². The molecule has 1 aliphatic heterocycles. The zero-order valence-electron chi connectivity index (χ0n) is 11.0. The van der Waals surface area contributed by atoms with Gasteiger partial charge in [-0.05, 0) is 31.5 Å². The van der Waals surface area contributed by atoms with Gasteiger partial charge in [0.1, 0.15) is 11.9 Å². The molecular formula is C14H17NO4. The van der Waals surface area contributed by atoms with E-state index >= 15 is 0 Å². The topological polar surface area (TPSA) is 66.8 Å². The van der Waals surface area contributed by atoms with E-state index in [4.69, 9.17) is 9.84 Å². The van der Waals surface area contributed by atoms with E-state index in [0.29, 0.717) is 12.3 Å². The van der Waals surface area contributed by atoms with Gasteiger partial charge in [-0.15, -0.1) is 0 Å². The summed E-state index contributed by atoms with van der Waals surface area (Å²) in [5.74, 6) is -0.462. The molecule has 1 aliphatic rings. The van der Waals surface area contributed by atoms with Crippen LogP contribution in [0.1, 0.15) is 25.3 Å². The van der Waals surface area contributed by atoms with E-state index in [1.807, 2.05) is 32.0 Å². The minimum absolute atomic E-state index is 0.00936. The fourth-order valence-electron chi connectivity index (χ4n) is 2.13. The van der Waals surface area contributed by atoms with Crippen molar-refractivity contribution in [2.45, 2.75) is 32.8 Å². The Morgan fingerprint density at radius 3 is 2.84 bits per heavy atom. The van der Waals surface area contributed by atoms with E-state index in [2.05, 4.69) is 0 Å². The maximum atomic E-state index is 12.1. The number of ether oxygens (including phenoxy) is 1. The lowest BCUT2D eigenvalue weighted by Gasteiger charge is -2.33. The van der Waals surface area contributed by atoms with Crippen molar-refractivity contribution >= 4 is 17.6 Å². The first-order chi connectivity index (χ1) is 8.97. The highest BCUT2D eigenvalue weighted by molar-refractivity contribution is 5.96. The lowest BCUT2D eigenvalue weighted by atomic mass is 10.1. The number of carboxylic acid groups (broad SMARTS) is 1. The highest BCUT2D eigenvalue weighted by atomic mass is 16.5. The van der Waals surface area contributed by atoms with Crippen molar-refractivity contribution in [1.29, 1.82) is 0 Å². The van der Waals surface area contributed by atoms with E-state index < -0.39 is 5.97 Å². The molecule has 0 radical (unpaired) electrons. The summed E-state index contributed by atoms with van der Waals surface area (Å²) in [5, 5.41) is 8.66. The molecule has 102 valence electrons. The molecule has 1 heterocycles. The third-order valence-electron chi connectivity index (χ3n) is 3.03. The Balaban J connectivity index is 2.24. The van der Waals surface area contributed by atoms with E-state index in [-0.39, 0.29) is 24.9 Å². The van der Waals surface area contributed by atoms with Gasteiger partial charge in [0.15, 0.2) is 0 Å². The van der Waals surface area contributed by atoms with Crippen LogP contribution in [0.5, 0.6) is 5.75 Å². The molecule has 5 nitrogen and oxygen atoms in total. The number of fused-ring (bicyclic) bond motifs is 1. The van der Waals surface area contributed by atoms with Crippen LogP contribution in [0.3, 0.4) is 0 Å². The number of carboxylic acids is 1. The zero-order chi connectivity index (χ0) is 14.0. The van der Waals surface area contributed by atoms with E-state index in [1.54, 1.807) is 4.90 Å². The predicted molar refractivity (Wildman–Crippen MR) is 70.5 cm³/mol. The van der Waals surface area contributed by atoms with Crippen LogP contribution in [0, 0.1) is 6.92 Å². The molecule has 0 saturated carbocycles. The summed E-state index contributed by atoms with van der Waals surface area (Å²) >= 11 is 0. The molecule has 2 rings (SSSR count). The SMILES string of the molecule is Cc1ccc2c(c1)N(C(=O)CCC(=O)O)CC(C)O2. The number of amides is 1. The van der Waals surface area contributed by atoms with Crippen LogP contribution in [0.2, 0.25) is 0 Å². The number of hydrogen-bond donors (Lipinski definition) is 1. The normalized spacial score (nSPS) is 17.6. The second-order valence-corrected chi connectivity index (χ2v) is 4.80. The largest absolute Gasteiger partial charge is 0.487 e. The van der Waals surface area contributed by atoms with Crippen molar-refractivity contribution in [3.05, 3.63) is 23.8 Å². The van der Waals surface area contributed by atoms with Gasteiger partial charge in [0.05, 0.1) is 18.7 Å². The predicted octanol–water partition coefficient (Wildman–Crippen LogP) is 1.97. The van der Waals surface area contributed by atoms with Gasteiger partial charge < -0.3 is 14.7 Å². The van der Waals surface area contributed by atoms with Gasteiger partial charge >= 0.3 is 5.97 Å². The summed E-state index contributed by atoms with van der Waals surface area (Å²) < 4.78 is 5.68. The number of nitrogens with zero attached hydrogens (tertiary/aromatic N) is 1. The second-order valence-electron chi connectivity index (χ2n) is 4.80. The Labute approximate surface area is 111 Å². The number of hydrogen-bond acceptors (Lipinski definition) is 3. The van der Waals surface area contributed by atoms with Crippen molar-refractivity contribution in [1.82, 2.24) is 0 Å². The molecule has 1 unspecified atom stereocenters. The molecule has 0 saturated heterocycles. The summed E-state index contributed by atoms with van der Waals surface area (Å²) in [7, 11) is 0. The van der Waals surface area contributed by atoms with Crippen molar-refractivity contribution in [3.8, 4) is 5.75 Å². The maximum Gasteiger partial charge on any atom is 0.303 e. The first-order valence-electron chi connectivity index (χ1n) is 6.27. The van der Waals surface area contributed by atoms with Gasteiger partial charge in [-0.2, -0.15) is 0 Å². The standard InChI is InChI=1S/C14H17NO4/c1-9-3-4-12-11(7-9)15(8-10(2)19-12)13(16)5-6-14(17)18/h3-4,7,10H,5-6,8H2,1-2H3,(H,17,18). The first-order valence-corrected chi connectivity index (χ1v) is 6.27. The zero-order valence-corrected chi connectivity index (χ0v) is 11.0. The summed E-state index contributed by atoms with van der Waals surface area (Å²) in [4.78, 5) is 24.3. The van der Waals surface area contributed by atoms with Crippen LogP contribution in [0.15, 0.2) is 18.2 Å². The van der Waals surface area contributed by atoms with Crippen LogP contribution >= 0.6 is 0 Å². The van der Waals surface area contributed by atoms with Gasteiger partial charge in [0.25, 0.3) is 0 Å². The number of aliphatic carboxylic acids is 1. The molecule has 1 amide bonds. The maximum absolute atomic E-state index is 12.1. The third kappa shape index (κ3) is 3.05. The Morgan fingerprint density at radius 2 is 2.16 bits per heavy atom. The molecule has 1 aromatic rings. The number of anilines is 1. The van der Waals surface area contributed by atoms with E-state index in [0.717, 1.165) is 11.3 Å². The molecule has 0 aliphatic carbocycles. The Bertz CT molecular complexity index is 512. The van der Waals surface area contributed by atoms with Crippen LogP contribution in [0.25, 0.3) is 0 Å². The Morgan fingerprint density at radius 1 is 1.42 bits per heavy atom. The molecule has 0 bridgehead atoms. The van der Waals surface area contributed by atoms with Gasteiger partial charge in [0, 0.05) is 6.42 Å². The van der Waals surface area contributed by atoms with E-state index in [9.17, 15) is 9.59 Å². The molecule has 1 N–H and O–H groups in total. The van der Waals surface area contributed by atoms with E-state index in [1.165, 1.54) is 0 Å². The number of rotatable bonds is 3. The van der Waals surface area contributed by atoms with Crippen LogP contribution in [-0.2, 0) is 9.59 Å². The fraction of sp³-hybridized carbons (Fsp3) is 0.429. The molecular weight excluding hydrogens is 246 g/mol. The van der Waals surface area contributed by atoms with Crippen molar-refractivity contribution in [3.63, 3.8) is 0 Å². The molecule has 0 spiro atoms. The highest BCUT2D eigenvalue weighted by Crippen LogP contribution is 2.34. The lowest BCUT2D eigenvalue weighted by molar-refractivity contribution is -0.138. The molecule has 0 fully saturated rings. The molecule has 19 heavy (non-hydrogen) atoms. The fourth-order valence-corrected chi connectivity index (χ4v) is 2.13. The average Bonchev–Trinajstić information content (AvgIpc) is 2.35. The van der Waals surface area contributed by atoms with Crippen LogP contribution in [0.4, 0.5) is 5.69 Å². The smallest absolute Gasteiger partial charge is 0.303 e. The molecule has 1 aromatic carbocycles. The van der Waals surface area contributed by atoms with Gasteiger partial charge in [-0.3, -0.25) is 9.59 Å². The average molecular weight is 263 g/mol. The summed E-state index contributed by atoms with van der Waals surface area (Å²) in [6.07, 6.45) is -0.231. The highest BCUT2D eigenvalue weighted by Gasteiger charge is 2.27. The quantitative estimate of drug-likeness (QED) is 0.905. The lowest BCUT2D eigenvalue weighted by Crippen LogP contribution is -2.42. The number of benzene rings is 1. The Kier molecular flexibility index (Phi) is 3.74. The minimum atomic E-state index is -0.959. The van der Waals surface area contributed by atoms with Crippen molar-refractivity contribution < 1.29 is 19.4 Å². The number of carbonyl (C=O) groups is 2. The molecule has 0 aromatic heterocycles. The summed E-state index contributed by atoms with van der Waals surface area (Å²) in [6.45, 7) is 4.29. The van der Waals surface area contributed by atoms with Gasteiger partial charge in [0.2, 0.25) is 5.91 Å². The summed E-state index contributed by atoms with van der Waals surface area (Å²) in [6, 6.07) is 5.66. The number of carbonyl (C=O) groups excluding carboxylic acids is 1. The van der Waals surface area contributed by atoms with Gasteiger partial charge in [-0.1, -0.05) is 6.07 Å². The summed E-state index contributed by atoms with van der Waals surface area (Å²) in [5.41, 5.74) is 1.77. The third-order valence-corrected chi connectivity index (χ3v) is 3.03. The monoisotopic (exact) mass is 263 g/mol. The minimum Gasteiger partial charge on any atom is -0.487 e. The van der Waals surface area contributed by atoms with Gasteiger partial charge in [-0.25, -0.2) is 0 Å². The first kappa shape index (κ1) is 13.4. The number of aryl methyl sites for hydroxylation is 1. The van der Waals surface area contributed by atoms with Crippen molar-refractivity contribution in [2.75, 3.05) is 11.4 Å². The molecule has 5 heteroatoms. The van der Waals surface area contributed by atoms with Crippen LogP contribution in [-0.4, -0.2) is 29.6 Å². The molecule has 1 atom stereocenters. The van der Waals surface area contributed by atoms with Crippen molar-refractivity contribution in [2.24, 2.45) is 0 Å². The Hall–Kier alpha value is -2.04.